The van der Waals surface area contributed by atoms with Crippen molar-refractivity contribution < 1.29 is 24.2 Å². The van der Waals surface area contributed by atoms with Crippen LogP contribution in [0.4, 0.5) is 0 Å². The van der Waals surface area contributed by atoms with Crippen LogP contribution >= 0.6 is 23.2 Å². The molecule has 0 bridgehead atoms. The highest BCUT2D eigenvalue weighted by atomic mass is 35.5. The lowest BCUT2D eigenvalue weighted by Gasteiger charge is -2.12. The van der Waals surface area contributed by atoms with Crippen molar-refractivity contribution >= 4 is 35.1 Å². The van der Waals surface area contributed by atoms with E-state index in [-0.39, 0.29) is 18.9 Å². The fraction of sp³-hybridized carbons (Fsp3) is 0.333. The molecule has 0 aliphatic heterocycles. The number of rotatable bonds is 7. The Labute approximate surface area is 125 Å². The van der Waals surface area contributed by atoms with Crippen LogP contribution in [0.1, 0.15) is 0 Å². The second-order valence-electron chi connectivity index (χ2n) is 3.73. The lowest BCUT2D eigenvalue weighted by Crippen LogP contribution is -2.39. The molecular weight excluding hydrogens is 309 g/mol. The predicted octanol–water partition coefficient (Wildman–Crippen LogP) is 1.59. The summed E-state index contributed by atoms with van der Waals surface area (Å²) >= 11 is 11.6. The average molecular weight is 322 g/mol. The molecule has 1 amide bonds. The highest BCUT2D eigenvalue weighted by molar-refractivity contribution is 6.34. The van der Waals surface area contributed by atoms with Gasteiger partial charge < -0.3 is 19.9 Å². The Balaban J connectivity index is 2.43. The second kappa shape index (κ2) is 7.94. The summed E-state index contributed by atoms with van der Waals surface area (Å²) in [5, 5.41) is 11.8. The summed E-state index contributed by atoms with van der Waals surface area (Å²) < 4.78 is 9.86. The topological polar surface area (TPSA) is 84.9 Å². The van der Waals surface area contributed by atoms with Gasteiger partial charge in [-0.2, -0.15) is 0 Å². The van der Waals surface area contributed by atoms with Gasteiger partial charge in [0.05, 0.1) is 11.6 Å². The van der Waals surface area contributed by atoms with E-state index >= 15 is 0 Å². The molecule has 6 nitrogen and oxygen atoms in total. The van der Waals surface area contributed by atoms with Gasteiger partial charge in [-0.1, -0.05) is 23.2 Å². The summed E-state index contributed by atoms with van der Waals surface area (Å²) in [7, 11) is 1.24. The van der Waals surface area contributed by atoms with Gasteiger partial charge in [0.2, 0.25) is 0 Å². The van der Waals surface area contributed by atoms with Gasteiger partial charge in [-0.25, -0.2) is 4.79 Å². The van der Waals surface area contributed by atoms with E-state index in [9.17, 15) is 9.59 Å². The number of aliphatic carboxylic acids is 1. The van der Waals surface area contributed by atoms with Crippen LogP contribution in [0.3, 0.4) is 0 Å². The van der Waals surface area contributed by atoms with Crippen LogP contribution < -0.4 is 10.1 Å². The van der Waals surface area contributed by atoms with Crippen LogP contribution in [0.2, 0.25) is 10.0 Å². The minimum absolute atomic E-state index is 0.155. The van der Waals surface area contributed by atoms with Gasteiger partial charge in [0.15, 0.2) is 12.7 Å². The van der Waals surface area contributed by atoms with Crippen LogP contribution in [0.25, 0.3) is 0 Å². The van der Waals surface area contributed by atoms with Crippen LogP contribution in [-0.2, 0) is 14.3 Å². The van der Waals surface area contributed by atoms with Crippen molar-refractivity contribution in [2.45, 2.75) is 6.10 Å². The fourth-order valence-electron chi connectivity index (χ4n) is 1.26. The van der Waals surface area contributed by atoms with E-state index in [0.717, 1.165) is 0 Å². The molecule has 2 N–H and O–H groups in total. The van der Waals surface area contributed by atoms with E-state index in [1.54, 1.807) is 12.1 Å². The third-order valence-corrected chi connectivity index (χ3v) is 2.84. The number of hydrogen-bond donors (Lipinski definition) is 2. The summed E-state index contributed by atoms with van der Waals surface area (Å²) in [5.74, 6) is -1.38. The van der Waals surface area contributed by atoms with Crippen molar-refractivity contribution in [1.82, 2.24) is 5.32 Å². The first-order chi connectivity index (χ1) is 9.43. The normalized spacial score (nSPS) is 11.8. The number of halogens is 2. The molecule has 1 rings (SSSR count). The summed E-state index contributed by atoms with van der Waals surface area (Å²) in [6.07, 6.45) is -1.10. The summed E-state index contributed by atoms with van der Waals surface area (Å²) in [4.78, 5) is 22.2. The van der Waals surface area contributed by atoms with E-state index in [1.807, 2.05) is 0 Å². The number of carbonyl (C=O) groups excluding carboxylic acids is 1. The molecule has 0 aliphatic carbocycles. The Bertz CT molecular complexity index is 495. The van der Waals surface area contributed by atoms with E-state index in [4.69, 9.17) is 33.0 Å². The Kier molecular flexibility index (Phi) is 6.57. The SMILES string of the molecule is COC(CNC(=O)COc1cc(Cl)ccc1Cl)C(=O)O. The highest BCUT2D eigenvalue weighted by Gasteiger charge is 2.17. The maximum atomic E-state index is 11.5. The second-order valence-corrected chi connectivity index (χ2v) is 4.57. The molecule has 0 heterocycles. The molecule has 1 aromatic carbocycles. The zero-order valence-electron chi connectivity index (χ0n) is 10.6. The molecule has 1 atom stereocenters. The van der Waals surface area contributed by atoms with Gasteiger partial charge in [-0.05, 0) is 12.1 Å². The van der Waals surface area contributed by atoms with Gasteiger partial charge in [-0.15, -0.1) is 0 Å². The van der Waals surface area contributed by atoms with Gasteiger partial charge in [0, 0.05) is 18.2 Å². The molecule has 0 aromatic heterocycles. The van der Waals surface area contributed by atoms with Gasteiger partial charge >= 0.3 is 5.97 Å². The molecule has 0 fully saturated rings. The standard InChI is InChI=1S/C12H13Cl2NO5/c1-19-10(12(17)18)5-15-11(16)6-20-9-4-7(13)2-3-8(9)14/h2-4,10H,5-6H2,1H3,(H,15,16)(H,17,18). The molecule has 0 saturated heterocycles. The average Bonchev–Trinajstić information content (AvgIpc) is 2.40. The number of carbonyl (C=O) groups is 2. The zero-order valence-corrected chi connectivity index (χ0v) is 12.1. The molecule has 0 aliphatic rings. The molecule has 1 unspecified atom stereocenters. The molecule has 110 valence electrons. The number of methoxy groups -OCH3 is 1. The first kappa shape index (κ1) is 16.6. The van der Waals surface area contributed by atoms with Crippen molar-refractivity contribution in [3.05, 3.63) is 28.2 Å². The molecule has 8 heteroatoms. The van der Waals surface area contributed by atoms with E-state index in [0.29, 0.717) is 10.0 Å². The van der Waals surface area contributed by atoms with Crippen LogP contribution in [-0.4, -0.2) is 43.3 Å². The van der Waals surface area contributed by atoms with Crippen molar-refractivity contribution in [2.75, 3.05) is 20.3 Å². The van der Waals surface area contributed by atoms with Gasteiger partial charge in [0.25, 0.3) is 5.91 Å². The van der Waals surface area contributed by atoms with Crippen molar-refractivity contribution in [1.29, 1.82) is 0 Å². The Morgan fingerprint density at radius 2 is 2.10 bits per heavy atom. The quantitative estimate of drug-likeness (QED) is 0.796. The molecule has 0 saturated carbocycles. The van der Waals surface area contributed by atoms with Crippen molar-refractivity contribution in [2.24, 2.45) is 0 Å². The van der Waals surface area contributed by atoms with Gasteiger partial charge in [-0.3, -0.25) is 4.79 Å². The zero-order chi connectivity index (χ0) is 15.1. The number of hydrogen-bond acceptors (Lipinski definition) is 4. The minimum atomic E-state index is -1.16. The maximum absolute atomic E-state index is 11.5. The Morgan fingerprint density at radius 3 is 2.70 bits per heavy atom. The number of amides is 1. The third-order valence-electron chi connectivity index (χ3n) is 2.30. The van der Waals surface area contributed by atoms with E-state index in [2.05, 4.69) is 10.1 Å². The van der Waals surface area contributed by atoms with Crippen molar-refractivity contribution in [3.63, 3.8) is 0 Å². The maximum Gasteiger partial charge on any atom is 0.334 e. The summed E-state index contributed by atoms with van der Waals surface area (Å²) in [5.41, 5.74) is 0. The lowest BCUT2D eigenvalue weighted by atomic mass is 10.3. The van der Waals surface area contributed by atoms with Crippen LogP contribution in [0, 0.1) is 0 Å². The fourth-order valence-corrected chi connectivity index (χ4v) is 1.59. The first-order valence-corrected chi connectivity index (χ1v) is 6.29. The monoisotopic (exact) mass is 321 g/mol. The smallest absolute Gasteiger partial charge is 0.334 e. The summed E-state index contributed by atoms with van der Waals surface area (Å²) in [6, 6.07) is 4.61. The summed E-state index contributed by atoms with van der Waals surface area (Å²) in [6.45, 7) is -0.465. The Morgan fingerprint density at radius 1 is 1.40 bits per heavy atom. The number of ether oxygens (including phenoxy) is 2. The number of nitrogens with one attached hydrogen (secondary N) is 1. The minimum Gasteiger partial charge on any atom is -0.482 e. The number of carboxylic acid groups (broad SMARTS) is 1. The molecule has 1 aromatic rings. The van der Waals surface area contributed by atoms with Crippen molar-refractivity contribution in [3.8, 4) is 5.75 Å². The van der Waals surface area contributed by atoms with E-state index < -0.39 is 18.0 Å². The van der Waals surface area contributed by atoms with E-state index in [1.165, 1.54) is 13.2 Å². The molecule has 0 spiro atoms. The Hall–Kier alpha value is -1.50. The predicted molar refractivity (Wildman–Crippen MR) is 73.4 cm³/mol. The molecular formula is C12H13Cl2NO5. The van der Waals surface area contributed by atoms with Crippen LogP contribution in [0.5, 0.6) is 5.75 Å². The van der Waals surface area contributed by atoms with Gasteiger partial charge in [0.1, 0.15) is 5.75 Å². The number of benzene rings is 1. The number of carboxylic acids is 1. The first-order valence-electron chi connectivity index (χ1n) is 5.54. The largest absolute Gasteiger partial charge is 0.482 e. The lowest BCUT2D eigenvalue weighted by molar-refractivity contribution is -0.148. The van der Waals surface area contributed by atoms with Crippen LogP contribution in [0.15, 0.2) is 18.2 Å². The highest BCUT2D eigenvalue weighted by Crippen LogP contribution is 2.27. The molecule has 0 radical (unpaired) electrons. The molecule has 20 heavy (non-hydrogen) atoms. The third kappa shape index (κ3) is 5.24.